The first-order valence-corrected chi connectivity index (χ1v) is 18.2. The topological polar surface area (TPSA) is 79.7 Å². The van der Waals surface area contributed by atoms with Crippen LogP contribution < -0.4 is 5.32 Å². The quantitative estimate of drug-likeness (QED) is 0.237. The van der Waals surface area contributed by atoms with Gasteiger partial charge in [0.2, 0.25) is 10.0 Å². The number of benzene rings is 3. The van der Waals surface area contributed by atoms with E-state index in [9.17, 15) is 12.8 Å². The van der Waals surface area contributed by atoms with Crippen LogP contribution in [0.5, 0.6) is 0 Å². The number of fused-ring (bicyclic) bond motifs is 1. The zero-order chi connectivity index (χ0) is 32.8. The maximum Gasteiger partial charge on any atom is 0.211 e. The lowest BCUT2D eigenvalue weighted by molar-refractivity contribution is 0.0368. The Morgan fingerprint density at radius 2 is 1.79 bits per heavy atom. The molecule has 1 N–H and O–H groups in total. The van der Waals surface area contributed by atoms with E-state index in [1.165, 1.54) is 16.6 Å². The SMILES string of the molecule is CS(=O)(=O)N1CCc2c(c(-c3ccc(Cl)c(C#Cc4ccc(F)c(CNCc5ccccc5)c4)c3)nn2CCCN2CCOCC2)C1. The van der Waals surface area contributed by atoms with E-state index in [1.54, 1.807) is 18.2 Å². The molecule has 0 unspecified atom stereocenters. The molecule has 0 radical (unpaired) electrons. The molecule has 1 saturated heterocycles. The van der Waals surface area contributed by atoms with Crippen molar-refractivity contribution in [3.8, 4) is 23.1 Å². The molecule has 2 aliphatic heterocycles. The van der Waals surface area contributed by atoms with Crippen molar-refractivity contribution in [3.05, 3.63) is 111 Å². The van der Waals surface area contributed by atoms with Gasteiger partial charge in [0.15, 0.2) is 0 Å². The number of halogens is 2. The highest BCUT2D eigenvalue weighted by atomic mass is 35.5. The van der Waals surface area contributed by atoms with Crippen molar-refractivity contribution < 1.29 is 17.5 Å². The summed E-state index contributed by atoms with van der Waals surface area (Å²) in [7, 11) is -3.37. The van der Waals surface area contributed by atoms with E-state index < -0.39 is 10.0 Å². The molecule has 2 aliphatic rings. The summed E-state index contributed by atoms with van der Waals surface area (Å²) in [6, 6.07) is 20.4. The molecule has 6 rings (SSSR count). The van der Waals surface area contributed by atoms with E-state index in [4.69, 9.17) is 21.4 Å². The summed E-state index contributed by atoms with van der Waals surface area (Å²) in [4.78, 5) is 2.40. The molecule has 0 aliphatic carbocycles. The van der Waals surface area contributed by atoms with Crippen LogP contribution in [0.3, 0.4) is 0 Å². The fourth-order valence-corrected chi connectivity index (χ4v) is 7.02. The van der Waals surface area contributed by atoms with Crippen LogP contribution in [0.4, 0.5) is 4.39 Å². The van der Waals surface area contributed by atoms with Crippen molar-refractivity contribution in [1.82, 2.24) is 24.3 Å². The zero-order valence-corrected chi connectivity index (χ0v) is 28.1. The third-order valence-electron chi connectivity index (χ3n) is 8.63. The number of aryl methyl sites for hydroxylation is 1. The molecule has 47 heavy (non-hydrogen) atoms. The fraction of sp³-hybridized carbons (Fsp3) is 0.361. The van der Waals surface area contributed by atoms with E-state index in [1.807, 2.05) is 42.5 Å². The van der Waals surface area contributed by atoms with E-state index in [2.05, 4.69) is 26.7 Å². The van der Waals surface area contributed by atoms with Gasteiger partial charge in [0.25, 0.3) is 0 Å². The van der Waals surface area contributed by atoms with Gasteiger partial charge < -0.3 is 10.1 Å². The lowest BCUT2D eigenvalue weighted by Crippen LogP contribution is -2.37. The molecule has 3 heterocycles. The molecular formula is C36H39ClFN5O3S. The van der Waals surface area contributed by atoms with Gasteiger partial charge in [-0.25, -0.2) is 12.8 Å². The molecule has 11 heteroatoms. The predicted molar refractivity (Wildman–Crippen MR) is 183 cm³/mol. The molecule has 0 amide bonds. The van der Waals surface area contributed by atoms with Gasteiger partial charge in [0.1, 0.15) is 5.82 Å². The van der Waals surface area contributed by atoms with Crippen LogP contribution in [0.2, 0.25) is 5.02 Å². The second-order valence-electron chi connectivity index (χ2n) is 12.0. The summed E-state index contributed by atoms with van der Waals surface area (Å²) >= 11 is 6.61. The van der Waals surface area contributed by atoms with Gasteiger partial charge in [0.05, 0.1) is 30.2 Å². The van der Waals surface area contributed by atoms with Crippen LogP contribution in [0, 0.1) is 17.7 Å². The van der Waals surface area contributed by atoms with Crippen molar-refractivity contribution in [1.29, 1.82) is 0 Å². The smallest absolute Gasteiger partial charge is 0.211 e. The van der Waals surface area contributed by atoms with Crippen molar-refractivity contribution in [3.63, 3.8) is 0 Å². The molecule has 0 spiro atoms. The van der Waals surface area contributed by atoms with Gasteiger partial charge in [-0.1, -0.05) is 59.8 Å². The first kappa shape index (κ1) is 33.3. The number of hydrogen-bond acceptors (Lipinski definition) is 6. The highest BCUT2D eigenvalue weighted by Gasteiger charge is 2.30. The molecule has 3 aromatic carbocycles. The van der Waals surface area contributed by atoms with Crippen molar-refractivity contribution in [2.75, 3.05) is 45.6 Å². The second kappa shape index (κ2) is 15.1. The van der Waals surface area contributed by atoms with Crippen LogP contribution >= 0.6 is 11.6 Å². The first-order valence-electron chi connectivity index (χ1n) is 15.9. The zero-order valence-electron chi connectivity index (χ0n) is 26.5. The summed E-state index contributed by atoms with van der Waals surface area (Å²) < 4.78 is 48.7. The van der Waals surface area contributed by atoms with Gasteiger partial charge >= 0.3 is 0 Å². The van der Waals surface area contributed by atoms with Crippen LogP contribution in [0.1, 0.15) is 39.9 Å². The molecule has 1 aromatic heterocycles. The van der Waals surface area contributed by atoms with E-state index >= 15 is 0 Å². The minimum atomic E-state index is -3.37. The van der Waals surface area contributed by atoms with Gasteiger partial charge in [-0.15, -0.1) is 0 Å². The average Bonchev–Trinajstić information content (AvgIpc) is 3.44. The highest BCUT2D eigenvalue weighted by Crippen LogP contribution is 2.33. The Kier molecular flexibility index (Phi) is 10.7. The summed E-state index contributed by atoms with van der Waals surface area (Å²) in [5.74, 6) is 6.04. The number of nitrogens with one attached hydrogen (secondary N) is 1. The maximum atomic E-state index is 14.6. The number of aromatic nitrogens is 2. The standard InChI is InChI=1S/C36H39ClFN5O3S/c1-47(44,45)42-17-14-35-32(26-42)36(40-43(35)16-5-15-41-18-20-46-21-19-41)30-11-12-33(37)29(23-30)10-8-27-9-13-34(38)31(22-27)25-39-24-28-6-3-2-4-7-28/h2-4,6-7,9,11-13,22-23,39H,5,14-21,24-26H2,1H3. The number of hydrogen-bond donors (Lipinski definition) is 1. The number of sulfonamides is 1. The Bertz CT molecular complexity index is 1880. The van der Waals surface area contributed by atoms with Crippen LogP contribution in [0.25, 0.3) is 11.3 Å². The Morgan fingerprint density at radius 1 is 0.979 bits per heavy atom. The number of morpholine rings is 1. The maximum absolute atomic E-state index is 14.6. The lowest BCUT2D eigenvalue weighted by atomic mass is 10.0. The minimum Gasteiger partial charge on any atom is -0.379 e. The van der Waals surface area contributed by atoms with Gasteiger partial charge in [-0.05, 0) is 42.3 Å². The average molecular weight is 676 g/mol. The highest BCUT2D eigenvalue weighted by molar-refractivity contribution is 7.88. The van der Waals surface area contributed by atoms with Crippen LogP contribution in [-0.4, -0.2) is 73.1 Å². The summed E-state index contributed by atoms with van der Waals surface area (Å²) in [5, 5.41) is 8.82. The van der Waals surface area contributed by atoms with Gasteiger partial charge in [0, 0.05) is 92.3 Å². The van der Waals surface area contributed by atoms with Crippen LogP contribution in [0.15, 0.2) is 66.7 Å². The normalized spacial score (nSPS) is 15.6. The Labute approximate surface area is 281 Å². The minimum absolute atomic E-state index is 0.271. The molecule has 0 saturated carbocycles. The number of rotatable bonds is 10. The molecule has 8 nitrogen and oxygen atoms in total. The number of nitrogens with zero attached hydrogens (tertiary/aromatic N) is 4. The predicted octanol–water partition coefficient (Wildman–Crippen LogP) is 5.07. The summed E-state index contributed by atoms with van der Waals surface area (Å²) in [6.07, 6.45) is 2.78. The van der Waals surface area contributed by atoms with E-state index in [-0.39, 0.29) is 12.4 Å². The second-order valence-corrected chi connectivity index (χ2v) is 14.4. The summed E-state index contributed by atoms with van der Waals surface area (Å²) in [5.41, 5.74) is 6.51. The Morgan fingerprint density at radius 3 is 2.57 bits per heavy atom. The van der Waals surface area contributed by atoms with Gasteiger partial charge in [-0.2, -0.15) is 9.40 Å². The Balaban J connectivity index is 1.23. The van der Waals surface area contributed by atoms with Crippen LogP contribution in [-0.2, 0) is 47.4 Å². The van der Waals surface area contributed by atoms with E-state index in [0.717, 1.165) is 73.9 Å². The van der Waals surface area contributed by atoms with Gasteiger partial charge in [-0.3, -0.25) is 9.58 Å². The number of ether oxygens (including phenoxy) is 1. The fourth-order valence-electron chi connectivity index (χ4n) is 6.07. The monoisotopic (exact) mass is 675 g/mol. The largest absolute Gasteiger partial charge is 0.379 e. The molecule has 1 fully saturated rings. The van der Waals surface area contributed by atoms with Crippen molar-refractivity contribution in [2.24, 2.45) is 0 Å². The third-order valence-corrected chi connectivity index (χ3v) is 10.2. The van der Waals surface area contributed by atoms with Crippen molar-refractivity contribution >= 4 is 21.6 Å². The third kappa shape index (κ3) is 8.49. The van der Waals surface area contributed by atoms with E-state index in [0.29, 0.717) is 47.8 Å². The first-order chi connectivity index (χ1) is 22.7. The molecule has 246 valence electrons. The molecule has 4 aromatic rings. The lowest BCUT2D eigenvalue weighted by Gasteiger charge is -2.27. The Hall–Kier alpha value is -3.56. The molecular weight excluding hydrogens is 637 g/mol. The van der Waals surface area contributed by atoms with Crippen molar-refractivity contribution in [2.45, 2.75) is 39.0 Å². The summed E-state index contributed by atoms with van der Waals surface area (Å²) in [6.45, 7) is 6.80. The molecule has 0 atom stereocenters. The molecule has 0 bridgehead atoms.